The lowest BCUT2D eigenvalue weighted by Gasteiger charge is -2.10. The molecule has 3 atom stereocenters. The molecular weight excluding hydrogens is 841 g/mol. The number of carboxylic acid groups (broad SMARTS) is 3. The van der Waals surface area contributed by atoms with Crippen LogP contribution in [-0.4, -0.2) is 49.0 Å². The Morgan fingerprint density at radius 1 is 0.270 bits per heavy atom. The molecule has 0 saturated carbocycles. The Morgan fingerprint density at radius 2 is 0.413 bits per heavy atom. The lowest BCUT2D eigenvalue weighted by atomic mass is 10.0. The van der Waals surface area contributed by atoms with Gasteiger partial charge in [0.25, 0.3) is 0 Å². The van der Waals surface area contributed by atoms with E-state index in [2.05, 4.69) is 58.7 Å². The minimum absolute atomic E-state index is 0.330. The summed E-state index contributed by atoms with van der Waals surface area (Å²) in [7, 11) is 0. The summed E-state index contributed by atoms with van der Waals surface area (Å²) in [6.45, 7) is 6.78. The molecule has 9 heteroatoms. The average Bonchev–Trinajstić information content (AvgIpc) is 3.24. The Bertz CT molecular complexity index is 808. The van der Waals surface area contributed by atoms with E-state index in [0.717, 1.165) is 38.5 Å². The molecule has 0 bridgehead atoms. The molecule has 0 heterocycles. The van der Waals surface area contributed by atoms with Crippen LogP contribution in [0.4, 0.5) is 0 Å². The molecular formula is C54H108O6S3. The number of aliphatic carboxylic acids is 3. The van der Waals surface area contributed by atoms with Crippen LogP contribution < -0.4 is 0 Å². The molecule has 0 aliphatic carbocycles. The molecule has 0 aromatic heterocycles. The largest absolute Gasteiger partial charge is 0.481 e. The fourth-order valence-corrected chi connectivity index (χ4v) is 9.10. The molecule has 0 aliphatic rings. The maximum absolute atomic E-state index is 10.4. The summed E-state index contributed by atoms with van der Waals surface area (Å²) in [5.41, 5.74) is 0. The van der Waals surface area contributed by atoms with Crippen molar-refractivity contribution in [2.45, 2.75) is 325 Å². The van der Waals surface area contributed by atoms with Crippen molar-refractivity contribution in [2.24, 2.45) is 0 Å². The maximum Gasteiger partial charge on any atom is 0.303 e. The van der Waals surface area contributed by atoms with Gasteiger partial charge < -0.3 is 15.3 Å². The zero-order valence-corrected chi connectivity index (χ0v) is 44.6. The summed E-state index contributed by atoms with van der Waals surface area (Å²) in [4.78, 5) is 31.1. The van der Waals surface area contributed by atoms with Gasteiger partial charge in [0.05, 0.1) is 0 Å². The van der Waals surface area contributed by atoms with E-state index in [0.29, 0.717) is 35.0 Å². The van der Waals surface area contributed by atoms with E-state index in [9.17, 15) is 14.4 Å². The summed E-state index contributed by atoms with van der Waals surface area (Å²) in [6, 6.07) is 0. The number of hydrogen-bond donors (Lipinski definition) is 6. The van der Waals surface area contributed by atoms with E-state index < -0.39 is 17.9 Å². The van der Waals surface area contributed by atoms with Gasteiger partial charge in [0.1, 0.15) is 0 Å². The predicted octanol–water partition coefficient (Wildman–Crippen LogP) is 18.7. The predicted molar refractivity (Wildman–Crippen MR) is 286 cm³/mol. The Kier molecular flexibility index (Phi) is 61.0. The zero-order chi connectivity index (χ0) is 47.3. The SMILES string of the molecule is CCCCCCCCC(S)CCCCCCCCC(=O)O.CCCCCCCCC(S)CCCCCCCCC(=O)O.CCCCCCCCC(S)CCCCCCCCC(=O)O. The van der Waals surface area contributed by atoms with Crippen LogP contribution in [0.25, 0.3) is 0 Å². The molecule has 0 amide bonds. The highest BCUT2D eigenvalue weighted by atomic mass is 32.1. The third-order valence-electron chi connectivity index (χ3n) is 12.2. The van der Waals surface area contributed by atoms with Gasteiger partial charge in [0.2, 0.25) is 0 Å². The van der Waals surface area contributed by atoms with Crippen LogP contribution in [-0.2, 0) is 14.4 Å². The maximum atomic E-state index is 10.4. The van der Waals surface area contributed by atoms with Crippen molar-refractivity contribution in [3.8, 4) is 0 Å². The second-order valence-electron chi connectivity index (χ2n) is 18.8. The van der Waals surface area contributed by atoms with E-state index in [1.165, 1.54) is 231 Å². The molecule has 0 aromatic carbocycles. The quantitative estimate of drug-likeness (QED) is 0.0268. The average molecular weight is 950 g/mol. The number of thiol groups is 3. The molecule has 0 spiro atoms. The summed E-state index contributed by atoms with van der Waals surface area (Å²) in [6.07, 6.45) is 53.9. The normalized spacial score (nSPS) is 12.5. The summed E-state index contributed by atoms with van der Waals surface area (Å²) < 4.78 is 0. The second kappa shape index (κ2) is 57.6. The van der Waals surface area contributed by atoms with Crippen LogP contribution in [0, 0.1) is 0 Å². The topological polar surface area (TPSA) is 112 Å². The van der Waals surface area contributed by atoms with Crippen LogP contribution in [0.5, 0.6) is 0 Å². The molecule has 0 fully saturated rings. The minimum atomic E-state index is -0.664. The van der Waals surface area contributed by atoms with Crippen molar-refractivity contribution in [2.75, 3.05) is 0 Å². The Hall–Kier alpha value is -0.540. The van der Waals surface area contributed by atoms with Crippen LogP contribution in [0.1, 0.15) is 310 Å². The van der Waals surface area contributed by atoms with Crippen LogP contribution in [0.2, 0.25) is 0 Å². The number of hydrogen-bond acceptors (Lipinski definition) is 6. The Labute approximate surface area is 408 Å². The summed E-state index contributed by atoms with van der Waals surface area (Å²) in [5, 5.41) is 27.4. The molecule has 378 valence electrons. The first-order chi connectivity index (χ1) is 30.5. The lowest BCUT2D eigenvalue weighted by Crippen LogP contribution is -1.98. The fourth-order valence-electron chi connectivity index (χ4n) is 8.00. The summed E-state index contributed by atoms with van der Waals surface area (Å²) >= 11 is 14.1. The number of carbonyl (C=O) groups is 3. The van der Waals surface area contributed by atoms with Crippen molar-refractivity contribution in [1.29, 1.82) is 0 Å². The molecule has 0 rings (SSSR count). The highest BCUT2D eigenvalue weighted by Crippen LogP contribution is 2.21. The zero-order valence-electron chi connectivity index (χ0n) is 42.0. The highest BCUT2D eigenvalue weighted by Gasteiger charge is 2.06. The third-order valence-corrected chi connectivity index (χ3v) is 13.8. The second-order valence-corrected chi connectivity index (χ2v) is 21.0. The lowest BCUT2D eigenvalue weighted by molar-refractivity contribution is -0.138. The minimum Gasteiger partial charge on any atom is -0.481 e. The molecule has 0 aliphatic heterocycles. The number of rotatable bonds is 48. The van der Waals surface area contributed by atoms with E-state index in [4.69, 9.17) is 15.3 Å². The molecule has 0 saturated heterocycles. The van der Waals surface area contributed by atoms with Crippen LogP contribution >= 0.6 is 37.9 Å². The van der Waals surface area contributed by atoms with Gasteiger partial charge in [-0.3, -0.25) is 14.4 Å². The third kappa shape index (κ3) is 68.2. The van der Waals surface area contributed by atoms with Crippen molar-refractivity contribution >= 4 is 55.8 Å². The molecule has 3 unspecified atom stereocenters. The van der Waals surface area contributed by atoms with Gasteiger partial charge in [0.15, 0.2) is 0 Å². The van der Waals surface area contributed by atoms with Crippen molar-refractivity contribution in [3.05, 3.63) is 0 Å². The Balaban J connectivity index is -0.000000857. The number of unbranched alkanes of at least 4 members (excludes halogenated alkanes) is 30. The number of carboxylic acids is 3. The van der Waals surface area contributed by atoms with Gasteiger partial charge in [-0.15, -0.1) is 0 Å². The summed E-state index contributed by atoms with van der Waals surface area (Å²) in [5.74, 6) is -1.99. The monoisotopic (exact) mass is 949 g/mol. The smallest absolute Gasteiger partial charge is 0.303 e. The molecule has 0 radical (unpaired) electrons. The van der Waals surface area contributed by atoms with Gasteiger partial charge in [0, 0.05) is 35.0 Å². The highest BCUT2D eigenvalue weighted by molar-refractivity contribution is 7.81. The van der Waals surface area contributed by atoms with Gasteiger partial charge in [-0.1, -0.05) is 233 Å². The van der Waals surface area contributed by atoms with E-state index in [1.54, 1.807) is 0 Å². The van der Waals surface area contributed by atoms with Crippen molar-refractivity contribution in [1.82, 2.24) is 0 Å². The first-order valence-electron chi connectivity index (χ1n) is 27.2. The van der Waals surface area contributed by atoms with E-state index >= 15 is 0 Å². The van der Waals surface area contributed by atoms with Crippen LogP contribution in [0.15, 0.2) is 0 Å². The van der Waals surface area contributed by atoms with Gasteiger partial charge in [-0.05, 0) is 57.8 Å². The first kappa shape index (κ1) is 66.7. The van der Waals surface area contributed by atoms with Gasteiger partial charge in [-0.25, -0.2) is 0 Å². The standard InChI is InChI=1S/3C18H36O2S/c3*1-2-3-4-5-8-11-14-17(21)15-12-9-6-7-10-13-16-18(19)20/h3*17,21H,2-16H2,1H3,(H,19,20). The van der Waals surface area contributed by atoms with Crippen LogP contribution in [0.3, 0.4) is 0 Å². The van der Waals surface area contributed by atoms with Gasteiger partial charge >= 0.3 is 17.9 Å². The molecule has 63 heavy (non-hydrogen) atoms. The van der Waals surface area contributed by atoms with Crippen molar-refractivity contribution in [3.63, 3.8) is 0 Å². The molecule has 3 N–H and O–H groups in total. The van der Waals surface area contributed by atoms with E-state index in [-0.39, 0.29) is 0 Å². The van der Waals surface area contributed by atoms with Crippen molar-refractivity contribution < 1.29 is 29.7 Å². The molecule has 6 nitrogen and oxygen atoms in total. The first-order valence-corrected chi connectivity index (χ1v) is 28.7. The molecule has 0 aromatic rings. The Morgan fingerprint density at radius 3 is 0.571 bits per heavy atom. The van der Waals surface area contributed by atoms with E-state index in [1.807, 2.05) is 0 Å². The van der Waals surface area contributed by atoms with Gasteiger partial charge in [-0.2, -0.15) is 37.9 Å². The fraction of sp³-hybridized carbons (Fsp3) is 0.944.